The topological polar surface area (TPSA) is 127 Å². The van der Waals surface area contributed by atoms with Gasteiger partial charge in [0.25, 0.3) is 0 Å². The lowest BCUT2D eigenvalue weighted by Gasteiger charge is -2.38. The third kappa shape index (κ3) is 6.74. The number of alkyl halides is 3. The molecule has 15 heteroatoms. The number of nitrogens with one attached hydrogen (secondary N) is 2. The van der Waals surface area contributed by atoms with Gasteiger partial charge in [-0.1, -0.05) is 29.8 Å². The second-order valence-corrected chi connectivity index (χ2v) is 13.9. The molecule has 0 bridgehead atoms. The van der Waals surface area contributed by atoms with Gasteiger partial charge in [0.2, 0.25) is 5.91 Å². The molecule has 3 amide bonds. The second kappa shape index (κ2) is 13.8. The molecule has 2 aromatic carbocycles. The number of phenols is 1. The average Bonchev–Trinajstić information content (AvgIpc) is 3.77. The minimum atomic E-state index is -4.87. The highest BCUT2D eigenvalue weighted by molar-refractivity contribution is 6.32. The molecule has 0 aliphatic carbocycles. The van der Waals surface area contributed by atoms with Crippen LogP contribution in [0, 0.1) is 0 Å². The fraction of sp³-hybridized carbons (Fsp3) is 0.486. The Hall–Kier alpha value is -4.30. The van der Waals surface area contributed by atoms with Crippen molar-refractivity contribution in [3.05, 3.63) is 69.2 Å². The number of likely N-dealkylation sites (tertiary alicyclic amines) is 3. The van der Waals surface area contributed by atoms with Crippen LogP contribution in [0.3, 0.4) is 0 Å². The zero-order chi connectivity index (χ0) is 35.2. The van der Waals surface area contributed by atoms with Crippen molar-refractivity contribution < 1.29 is 27.9 Å². The van der Waals surface area contributed by atoms with Crippen LogP contribution in [0.15, 0.2) is 47.4 Å². The molecule has 3 aliphatic heterocycles. The number of fused-ring (bicyclic) bond motifs is 3. The van der Waals surface area contributed by atoms with E-state index in [1.165, 1.54) is 6.07 Å². The Morgan fingerprint density at radius 1 is 0.980 bits per heavy atom. The highest BCUT2D eigenvalue weighted by atomic mass is 35.5. The number of rotatable bonds is 6. The summed E-state index contributed by atoms with van der Waals surface area (Å²) in [4.78, 5) is 53.9. The molecule has 2 aromatic heterocycles. The highest BCUT2D eigenvalue weighted by Crippen LogP contribution is 2.40. The van der Waals surface area contributed by atoms with Crippen molar-refractivity contribution in [3.63, 3.8) is 0 Å². The Morgan fingerprint density at radius 3 is 2.34 bits per heavy atom. The molecule has 0 spiro atoms. The van der Waals surface area contributed by atoms with E-state index in [9.17, 15) is 32.7 Å². The Labute approximate surface area is 291 Å². The summed E-state index contributed by atoms with van der Waals surface area (Å²) >= 11 is 6.00. The number of aromatic amines is 1. The monoisotopic (exact) mass is 713 g/mol. The third-order valence-corrected chi connectivity index (χ3v) is 10.8. The molecule has 5 heterocycles. The van der Waals surface area contributed by atoms with Gasteiger partial charge in [-0.25, -0.2) is 9.59 Å². The van der Waals surface area contributed by atoms with Gasteiger partial charge in [-0.15, -0.1) is 0 Å². The van der Waals surface area contributed by atoms with Crippen molar-refractivity contribution in [2.24, 2.45) is 0 Å². The summed E-state index contributed by atoms with van der Waals surface area (Å²) in [5.41, 5.74) is 0.650. The van der Waals surface area contributed by atoms with Crippen molar-refractivity contribution in [3.8, 4) is 5.75 Å². The Kier molecular flexibility index (Phi) is 9.42. The number of halogens is 4. The molecule has 7 rings (SSSR count). The first-order valence-corrected chi connectivity index (χ1v) is 17.5. The number of piperidine rings is 2. The lowest BCUT2D eigenvalue weighted by atomic mass is 9.99. The van der Waals surface area contributed by atoms with E-state index < -0.39 is 34.6 Å². The number of imidazole rings is 1. The predicted molar refractivity (Wildman–Crippen MR) is 182 cm³/mol. The summed E-state index contributed by atoms with van der Waals surface area (Å²) in [6, 6.07) is 8.01. The minimum absolute atomic E-state index is 0.0595. The number of aromatic hydroxyl groups is 1. The maximum atomic E-state index is 14.0. The number of pyridine rings is 1. The summed E-state index contributed by atoms with van der Waals surface area (Å²) in [6.45, 7) is 3.63. The van der Waals surface area contributed by atoms with Gasteiger partial charge >= 0.3 is 17.9 Å². The van der Waals surface area contributed by atoms with Gasteiger partial charge in [-0.2, -0.15) is 13.2 Å². The van der Waals surface area contributed by atoms with Crippen LogP contribution in [0.4, 0.5) is 18.0 Å². The van der Waals surface area contributed by atoms with Gasteiger partial charge in [0, 0.05) is 50.1 Å². The minimum Gasteiger partial charge on any atom is -0.506 e. The van der Waals surface area contributed by atoms with Crippen LogP contribution in [0.2, 0.25) is 5.02 Å². The summed E-state index contributed by atoms with van der Waals surface area (Å²) in [7, 11) is 0. The van der Waals surface area contributed by atoms with Gasteiger partial charge in [0.15, 0.2) is 0 Å². The summed E-state index contributed by atoms with van der Waals surface area (Å²) < 4.78 is 42.9. The van der Waals surface area contributed by atoms with Crippen LogP contribution in [0.1, 0.15) is 55.7 Å². The molecule has 4 aromatic rings. The van der Waals surface area contributed by atoms with Crippen molar-refractivity contribution in [1.82, 2.24) is 34.6 Å². The number of phenolic OH excluding ortho intramolecular Hbond substituents is 1. The molecule has 1 unspecified atom stereocenters. The van der Waals surface area contributed by atoms with Crippen LogP contribution in [-0.4, -0.2) is 97.6 Å². The standard InChI is InChI=1S/C35H39ClF3N7O4/c36-26-18-21(17-25(31(26)47)35(37,38)39)19-28(32(48)44-13-7-22(8-14-44)43-11-3-4-12-43)41-33(49)45-15-9-23(10-16-45)46-29-20-40-27-6-2-1-5-24(27)30(29)42-34(46)50/h1-2,5-6,17-18,20,22-23,28,47H,3-4,7-16,19H2,(H,41,49)(H,42,50). The van der Waals surface area contributed by atoms with Crippen LogP contribution in [0.25, 0.3) is 21.9 Å². The molecule has 0 radical (unpaired) electrons. The maximum Gasteiger partial charge on any atom is 0.420 e. The van der Waals surface area contributed by atoms with E-state index in [-0.39, 0.29) is 29.6 Å². The normalized spacial score (nSPS) is 19.0. The average molecular weight is 714 g/mol. The summed E-state index contributed by atoms with van der Waals surface area (Å²) in [5, 5.41) is 13.2. The molecule has 1 atom stereocenters. The molecule has 50 heavy (non-hydrogen) atoms. The molecule has 266 valence electrons. The quantitative estimate of drug-likeness (QED) is 0.249. The number of carbonyl (C=O) groups is 2. The van der Waals surface area contributed by atoms with Crippen molar-refractivity contribution in [2.75, 3.05) is 39.3 Å². The number of carbonyl (C=O) groups excluding carboxylic acids is 2. The van der Waals surface area contributed by atoms with Gasteiger partial charge in [-0.3, -0.25) is 14.3 Å². The van der Waals surface area contributed by atoms with E-state index in [2.05, 4.69) is 20.2 Å². The number of hydrogen-bond acceptors (Lipinski definition) is 6. The maximum absolute atomic E-state index is 14.0. The molecule has 11 nitrogen and oxygen atoms in total. The molecule has 3 saturated heterocycles. The fourth-order valence-corrected chi connectivity index (χ4v) is 8.10. The molecular weight excluding hydrogens is 675 g/mol. The van der Waals surface area contributed by atoms with Crippen molar-refractivity contribution in [1.29, 1.82) is 0 Å². The largest absolute Gasteiger partial charge is 0.506 e. The first kappa shape index (κ1) is 34.2. The van der Waals surface area contributed by atoms with E-state index in [4.69, 9.17) is 11.6 Å². The number of H-pyrrole nitrogens is 1. The number of benzene rings is 2. The highest BCUT2D eigenvalue weighted by Gasteiger charge is 2.37. The molecule has 3 fully saturated rings. The van der Waals surface area contributed by atoms with Crippen molar-refractivity contribution in [2.45, 2.75) is 69.2 Å². The predicted octanol–water partition coefficient (Wildman–Crippen LogP) is 5.30. The van der Waals surface area contributed by atoms with Gasteiger partial charge < -0.3 is 30.1 Å². The van der Waals surface area contributed by atoms with E-state index in [0.29, 0.717) is 56.1 Å². The lowest BCUT2D eigenvalue weighted by Crippen LogP contribution is -2.56. The van der Waals surface area contributed by atoms with E-state index in [1.807, 2.05) is 24.3 Å². The molecule has 3 aliphatic rings. The van der Waals surface area contributed by atoms with Gasteiger partial charge in [-0.05, 0) is 75.4 Å². The molecular formula is C35H39ClF3N7O4. The number of nitrogens with zero attached hydrogens (tertiary/aromatic N) is 5. The van der Waals surface area contributed by atoms with Crippen molar-refractivity contribution >= 4 is 45.5 Å². The van der Waals surface area contributed by atoms with E-state index in [0.717, 1.165) is 55.7 Å². The Morgan fingerprint density at radius 2 is 1.64 bits per heavy atom. The first-order chi connectivity index (χ1) is 24.0. The van der Waals surface area contributed by atoms with Crippen LogP contribution in [0.5, 0.6) is 5.75 Å². The van der Waals surface area contributed by atoms with Crippen LogP contribution in [-0.2, 0) is 17.4 Å². The SMILES string of the molecule is O=C(NC(Cc1cc(Cl)c(O)c(C(F)(F)F)c1)C(=O)N1CCC(N2CCCC2)CC1)N1CCC(n2c(=O)[nH]c3c4ccccc4ncc32)CC1. The lowest BCUT2D eigenvalue weighted by molar-refractivity contribution is -0.138. The molecule has 3 N–H and O–H groups in total. The smallest absolute Gasteiger partial charge is 0.420 e. The summed E-state index contributed by atoms with van der Waals surface area (Å²) in [5.74, 6) is -1.46. The number of para-hydroxylation sites is 1. The number of aromatic nitrogens is 3. The first-order valence-electron chi connectivity index (χ1n) is 17.1. The zero-order valence-electron chi connectivity index (χ0n) is 27.4. The number of urea groups is 1. The van der Waals surface area contributed by atoms with E-state index in [1.54, 1.807) is 20.6 Å². The third-order valence-electron chi connectivity index (χ3n) is 10.5. The second-order valence-electron chi connectivity index (χ2n) is 13.5. The Bertz CT molecular complexity index is 1960. The zero-order valence-corrected chi connectivity index (χ0v) is 28.1. The van der Waals surface area contributed by atoms with E-state index >= 15 is 0 Å². The Balaban J connectivity index is 1.07. The van der Waals surface area contributed by atoms with Gasteiger partial charge in [0.1, 0.15) is 11.8 Å². The van der Waals surface area contributed by atoms with Crippen LogP contribution >= 0.6 is 11.6 Å². The number of amides is 3. The summed E-state index contributed by atoms with van der Waals surface area (Å²) in [6.07, 6.45) is 1.38. The van der Waals surface area contributed by atoms with Crippen LogP contribution < -0.4 is 11.0 Å². The van der Waals surface area contributed by atoms with Gasteiger partial charge in [0.05, 0.1) is 33.3 Å². The molecule has 0 saturated carbocycles. The fourth-order valence-electron chi connectivity index (χ4n) is 7.85. The number of hydrogen-bond donors (Lipinski definition) is 3.